The topological polar surface area (TPSA) is 43.8 Å². The fourth-order valence-electron chi connectivity index (χ4n) is 2.54. The Labute approximate surface area is 133 Å². The van der Waals surface area contributed by atoms with Gasteiger partial charge in [0.1, 0.15) is 0 Å². The summed E-state index contributed by atoms with van der Waals surface area (Å²) in [5.74, 6) is 0.937. The number of nitrogens with zero attached hydrogens (tertiary/aromatic N) is 2. The van der Waals surface area contributed by atoms with E-state index in [1.54, 1.807) is 11.3 Å². The Morgan fingerprint density at radius 2 is 2.14 bits per heavy atom. The van der Waals surface area contributed by atoms with Crippen molar-refractivity contribution in [2.45, 2.75) is 19.0 Å². The molecule has 1 aromatic carbocycles. The number of benzene rings is 1. The summed E-state index contributed by atoms with van der Waals surface area (Å²) in [6.45, 7) is 2.00. The van der Waals surface area contributed by atoms with Crippen LogP contribution < -0.4 is 5.73 Å². The molecular formula is C16H16ClN3S. The Balaban J connectivity index is 2.09. The zero-order valence-corrected chi connectivity index (χ0v) is 13.2. The average molecular weight is 318 g/mol. The molecule has 2 atom stereocenters. The summed E-state index contributed by atoms with van der Waals surface area (Å²) in [4.78, 5) is 5.63. The van der Waals surface area contributed by atoms with Gasteiger partial charge < -0.3 is 10.3 Å². The van der Waals surface area contributed by atoms with Gasteiger partial charge in [0, 0.05) is 23.5 Å². The predicted molar refractivity (Wildman–Crippen MR) is 88.8 cm³/mol. The first-order valence-electron chi connectivity index (χ1n) is 6.74. The molecule has 2 heterocycles. The van der Waals surface area contributed by atoms with Crippen LogP contribution in [0.3, 0.4) is 0 Å². The van der Waals surface area contributed by atoms with E-state index >= 15 is 0 Å². The minimum absolute atomic E-state index is 0.00306. The van der Waals surface area contributed by atoms with Gasteiger partial charge in [-0.1, -0.05) is 29.8 Å². The van der Waals surface area contributed by atoms with E-state index in [9.17, 15) is 0 Å². The summed E-state index contributed by atoms with van der Waals surface area (Å²) in [5, 5.41) is 2.77. The third-order valence-corrected chi connectivity index (χ3v) is 4.50. The molecule has 0 saturated carbocycles. The van der Waals surface area contributed by atoms with Gasteiger partial charge in [-0.15, -0.1) is 11.3 Å². The SMILES string of the molecule is CC(N)C(c1cccc(Cl)c1)n1ccnc1-c1cccs1. The van der Waals surface area contributed by atoms with E-state index in [0.29, 0.717) is 0 Å². The van der Waals surface area contributed by atoms with Gasteiger partial charge in [0.05, 0.1) is 10.9 Å². The lowest BCUT2D eigenvalue weighted by Crippen LogP contribution is -2.30. The largest absolute Gasteiger partial charge is 0.326 e. The molecule has 3 rings (SSSR count). The summed E-state index contributed by atoms with van der Waals surface area (Å²) in [5.41, 5.74) is 7.33. The van der Waals surface area contributed by atoms with Crippen molar-refractivity contribution >= 4 is 22.9 Å². The van der Waals surface area contributed by atoms with E-state index in [1.807, 2.05) is 43.6 Å². The summed E-state index contributed by atoms with van der Waals surface area (Å²) in [7, 11) is 0. The van der Waals surface area contributed by atoms with Crippen LogP contribution in [-0.2, 0) is 0 Å². The van der Waals surface area contributed by atoms with Crippen molar-refractivity contribution in [3.8, 4) is 10.7 Å². The molecule has 0 aliphatic rings. The number of aromatic nitrogens is 2. The Hall–Kier alpha value is -1.62. The van der Waals surface area contributed by atoms with Crippen molar-refractivity contribution in [1.29, 1.82) is 0 Å². The van der Waals surface area contributed by atoms with Crippen molar-refractivity contribution in [2.75, 3.05) is 0 Å². The maximum absolute atomic E-state index is 6.24. The highest BCUT2D eigenvalue weighted by Gasteiger charge is 2.22. The highest BCUT2D eigenvalue weighted by molar-refractivity contribution is 7.13. The van der Waals surface area contributed by atoms with E-state index in [1.165, 1.54) is 0 Å². The third-order valence-electron chi connectivity index (χ3n) is 3.40. The molecule has 0 aliphatic heterocycles. The summed E-state index contributed by atoms with van der Waals surface area (Å²) >= 11 is 7.80. The number of nitrogens with two attached hydrogens (primary N) is 1. The fourth-order valence-corrected chi connectivity index (χ4v) is 3.47. The van der Waals surface area contributed by atoms with Crippen molar-refractivity contribution in [2.24, 2.45) is 5.73 Å². The molecule has 0 spiro atoms. The molecule has 0 bridgehead atoms. The lowest BCUT2D eigenvalue weighted by molar-refractivity contribution is 0.500. The number of imidazole rings is 1. The summed E-state index contributed by atoms with van der Waals surface area (Å²) < 4.78 is 2.13. The van der Waals surface area contributed by atoms with Crippen LogP contribution in [0.15, 0.2) is 54.2 Å². The highest BCUT2D eigenvalue weighted by atomic mass is 35.5. The van der Waals surface area contributed by atoms with Crippen LogP contribution in [0.5, 0.6) is 0 Å². The van der Waals surface area contributed by atoms with Gasteiger partial charge in [0.15, 0.2) is 5.82 Å². The molecule has 2 unspecified atom stereocenters. The molecule has 0 amide bonds. The molecule has 0 saturated heterocycles. The van der Waals surface area contributed by atoms with E-state index < -0.39 is 0 Å². The standard InChI is InChI=1S/C16H16ClN3S/c1-11(18)15(12-4-2-5-13(17)10-12)20-8-7-19-16(20)14-6-3-9-21-14/h2-11,15H,18H2,1H3. The molecule has 0 radical (unpaired) electrons. The molecule has 2 aromatic heterocycles. The summed E-state index contributed by atoms with van der Waals surface area (Å²) in [6, 6.07) is 11.9. The van der Waals surface area contributed by atoms with Gasteiger partial charge in [-0.2, -0.15) is 0 Å². The van der Waals surface area contributed by atoms with Crippen LogP contribution in [0.4, 0.5) is 0 Å². The lowest BCUT2D eigenvalue weighted by atomic mass is 10.0. The second kappa shape index (κ2) is 6.02. The van der Waals surface area contributed by atoms with Crippen LogP contribution in [-0.4, -0.2) is 15.6 Å². The van der Waals surface area contributed by atoms with Gasteiger partial charge >= 0.3 is 0 Å². The zero-order chi connectivity index (χ0) is 14.8. The third kappa shape index (κ3) is 2.88. The molecular weight excluding hydrogens is 302 g/mol. The smallest absolute Gasteiger partial charge is 0.150 e. The first kappa shape index (κ1) is 14.3. The Morgan fingerprint density at radius 1 is 1.29 bits per heavy atom. The molecule has 108 valence electrons. The molecule has 2 N–H and O–H groups in total. The number of hydrogen-bond donors (Lipinski definition) is 1. The zero-order valence-electron chi connectivity index (χ0n) is 11.6. The number of hydrogen-bond acceptors (Lipinski definition) is 3. The Morgan fingerprint density at radius 3 is 2.81 bits per heavy atom. The minimum atomic E-state index is -0.0589. The Bertz CT molecular complexity index is 719. The molecule has 3 nitrogen and oxygen atoms in total. The number of thiophene rings is 1. The predicted octanol–water partition coefficient (Wildman–Crippen LogP) is 4.20. The van der Waals surface area contributed by atoms with Crippen LogP contribution in [0.2, 0.25) is 5.02 Å². The monoisotopic (exact) mass is 317 g/mol. The van der Waals surface area contributed by atoms with E-state index in [0.717, 1.165) is 21.3 Å². The van der Waals surface area contributed by atoms with Crippen LogP contribution in [0.25, 0.3) is 10.7 Å². The molecule has 0 fully saturated rings. The maximum Gasteiger partial charge on any atom is 0.150 e. The normalized spacial score (nSPS) is 14.0. The van der Waals surface area contributed by atoms with Gasteiger partial charge in [-0.3, -0.25) is 0 Å². The molecule has 3 aromatic rings. The lowest BCUT2D eigenvalue weighted by Gasteiger charge is -2.24. The minimum Gasteiger partial charge on any atom is -0.326 e. The van der Waals surface area contributed by atoms with E-state index in [2.05, 4.69) is 27.1 Å². The maximum atomic E-state index is 6.24. The first-order chi connectivity index (χ1) is 10.2. The number of halogens is 1. The van der Waals surface area contributed by atoms with Gasteiger partial charge in [0.25, 0.3) is 0 Å². The molecule has 0 aliphatic carbocycles. The first-order valence-corrected chi connectivity index (χ1v) is 8.00. The van der Waals surface area contributed by atoms with Crippen LogP contribution in [0.1, 0.15) is 18.5 Å². The Kier molecular flexibility index (Phi) is 4.10. The molecule has 5 heteroatoms. The van der Waals surface area contributed by atoms with Gasteiger partial charge in [-0.25, -0.2) is 4.98 Å². The average Bonchev–Trinajstić information content (AvgIpc) is 3.08. The second-order valence-electron chi connectivity index (χ2n) is 4.99. The quantitative estimate of drug-likeness (QED) is 0.783. The van der Waals surface area contributed by atoms with Crippen molar-refractivity contribution in [3.05, 3.63) is 64.8 Å². The van der Waals surface area contributed by atoms with E-state index in [4.69, 9.17) is 17.3 Å². The van der Waals surface area contributed by atoms with E-state index in [-0.39, 0.29) is 12.1 Å². The number of rotatable bonds is 4. The van der Waals surface area contributed by atoms with Crippen molar-refractivity contribution < 1.29 is 0 Å². The van der Waals surface area contributed by atoms with Crippen LogP contribution >= 0.6 is 22.9 Å². The summed E-state index contributed by atoms with van der Waals surface area (Å²) in [6.07, 6.45) is 3.79. The van der Waals surface area contributed by atoms with Gasteiger partial charge in [0.2, 0.25) is 0 Å². The highest BCUT2D eigenvalue weighted by Crippen LogP contribution is 2.30. The fraction of sp³-hybridized carbons (Fsp3) is 0.188. The van der Waals surface area contributed by atoms with Crippen LogP contribution in [0, 0.1) is 0 Å². The van der Waals surface area contributed by atoms with Crippen molar-refractivity contribution in [1.82, 2.24) is 9.55 Å². The second-order valence-corrected chi connectivity index (χ2v) is 6.38. The van der Waals surface area contributed by atoms with Gasteiger partial charge in [-0.05, 0) is 36.1 Å². The molecule has 21 heavy (non-hydrogen) atoms. The van der Waals surface area contributed by atoms with Crippen molar-refractivity contribution in [3.63, 3.8) is 0 Å².